The first kappa shape index (κ1) is 27.6. The molecule has 0 fully saturated rings. The molecule has 2 aliphatic rings. The van der Waals surface area contributed by atoms with Gasteiger partial charge in [-0.05, 0) is 57.7 Å². The van der Waals surface area contributed by atoms with E-state index in [0.717, 1.165) is 6.42 Å². The molecule has 0 saturated heterocycles. The molecule has 0 unspecified atom stereocenters. The summed E-state index contributed by atoms with van der Waals surface area (Å²) in [5.41, 5.74) is 3.32. The molecule has 3 heterocycles. The van der Waals surface area contributed by atoms with Gasteiger partial charge in [-0.25, -0.2) is 9.97 Å². The summed E-state index contributed by atoms with van der Waals surface area (Å²) in [5, 5.41) is 0. The average Bonchev–Trinajstić information content (AvgIpc) is 3.38. The highest BCUT2D eigenvalue weighted by atomic mass is 79.9. The van der Waals surface area contributed by atoms with Gasteiger partial charge in [-0.1, -0.05) is 25.1 Å². The quantitative estimate of drug-likeness (QED) is 0.217. The van der Waals surface area contributed by atoms with Crippen LogP contribution in [0.1, 0.15) is 35.2 Å². The van der Waals surface area contributed by atoms with Crippen LogP contribution >= 0.6 is 15.9 Å². The summed E-state index contributed by atoms with van der Waals surface area (Å²) in [6, 6.07) is 10.7. The van der Waals surface area contributed by atoms with E-state index < -0.39 is 21.4 Å². The molecule has 3 aromatic rings. The van der Waals surface area contributed by atoms with Crippen molar-refractivity contribution in [1.82, 2.24) is 14.5 Å². The molecule has 1 amide bonds. The fourth-order valence-electron chi connectivity index (χ4n) is 4.57. The lowest BCUT2D eigenvalue weighted by molar-refractivity contribution is -0.0429. The predicted octanol–water partition coefficient (Wildman–Crippen LogP) is 5.92. The van der Waals surface area contributed by atoms with Crippen LogP contribution in [0.5, 0.6) is 0 Å². The maximum Gasteiger partial charge on any atom is 0.516 e. The third-order valence-corrected chi connectivity index (χ3v) is 8.25. The number of aryl methyl sites for hydroxylation is 1. The number of primary amides is 1. The molecule has 9 nitrogen and oxygen atoms in total. The number of fused-ring (bicyclic) bond motifs is 2. The number of hydrogen-bond acceptors (Lipinski definition) is 6. The normalized spacial score (nSPS) is 12.3. The largest absolute Gasteiger partial charge is 0.516 e. The number of carbonyl (C=O) groups excluding carboxylic acids is 1. The zero-order valence-corrected chi connectivity index (χ0v) is 23.2. The number of para-hydroxylation sites is 1. The Bertz CT molecular complexity index is 1830. The average molecular weight is 636 g/mol. The van der Waals surface area contributed by atoms with Gasteiger partial charge < -0.3 is 14.7 Å². The molecule has 14 heteroatoms. The molecule has 0 radical (unpaired) electrons. The Hall–Kier alpha value is -3.91. The third kappa shape index (κ3) is 4.81. The zero-order chi connectivity index (χ0) is 28.8. The molecule has 0 spiro atoms. The Morgan fingerprint density at radius 2 is 1.85 bits per heavy atom. The van der Waals surface area contributed by atoms with E-state index in [9.17, 15) is 26.4 Å². The third-order valence-electron chi connectivity index (χ3n) is 6.33. The number of nitrogens with zero attached hydrogens (tertiary/aromatic N) is 3. The van der Waals surface area contributed by atoms with E-state index in [4.69, 9.17) is 10.2 Å². The van der Waals surface area contributed by atoms with Crippen molar-refractivity contribution in [2.45, 2.75) is 31.8 Å². The van der Waals surface area contributed by atoms with Crippen molar-refractivity contribution in [3.8, 4) is 22.3 Å². The van der Waals surface area contributed by atoms with Crippen LogP contribution in [-0.2, 0) is 23.0 Å². The van der Waals surface area contributed by atoms with Crippen molar-refractivity contribution in [3.05, 3.63) is 76.5 Å². The summed E-state index contributed by atoms with van der Waals surface area (Å²) in [6.07, 6.45) is 4.28. The molecule has 1 aromatic carbocycles. The van der Waals surface area contributed by atoms with Gasteiger partial charge in [-0.3, -0.25) is 9.52 Å². The van der Waals surface area contributed by atoms with Gasteiger partial charge >= 0.3 is 15.5 Å². The number of benzene rings is 1. The summed E-state index contributed by atoms with van der Waals surface area (Å²) in [7, 11) is -5.70. The minimum Gasteiger partial charge on any atom is -0.472 e. The number of imidazole rings is 1. The van der Waals surface area contributed by atoms with E-state index in [2.05, 4.69) is 25.9 Å². The molecule has 3 N–H and O–H groups in total. The number of nitrogens with one attached hydrogen (secondary N) is 1. The van der Waals surface area contributed by atoms with Crippen molar-refractivity contribution >= 4 is 48.7 Å². The summed E-state index contributed by atoms with van der Waals surface area (Å²) in [6.45, 7) is 2.12. The minimum absolute atomic E-state index is 0.0520. The molecule has 1 aliphatic carbocycles. The predicted molar refractivity (Wildman–Crippen MR) is 146 cm³/mol. The van der Waals surface area contributed by atoms with Crippen LogP contribution in [0, 0.1) is 0 Å². The highest BCUT2D eigenvalue weighted by Gasteiger charge is 2.46. The monoisotopic (exact) mass is 635 g/mol. The van der Waals surface area contributed by atoms with Crippen LogP contribution in [0.15, 0.2) is 63.9 Å². The highest BCUT2D eigenvalue weighted by Crippen LogP contribution is 2.48. The topological polar surface area (TPSA) is 133 Å². The number of amides is 1. The van der Waals surface area contributed by atoms with E-state index in [0.29, 0.717) is 50.1 Å². The zero-order valence-electron chi connectivity index (χ0n) is 20.8. The summed E-state index contributed by atoms with van der Waals surface area (Å²) >= 11 is 3.57. The number of hydrogen-bond donors (Lipinski definition) is 2. The van der Waals surface area contributed by atoms with Crippen LogP contribution in [0.3, 0.4) is 0 Å². The van der Waals surface area contributed by atoms with E-state index >= 15 is 0 Å². The van der Waals surface area contributed by atoms with Crippen molar-refractivity contribution in [2.75, 3.05) is 4.72 Å². The van der Waals surface area contributed by atoms with Crippen LogP contribution < -0.4 is 10.5 Å². The number of alkyl halides is 3. The molecular weight excluding hydrogens is 615 g/mol. The first-order valence-electron chi connectivity index (χ1n) is 11.9. The number of sulfonamides is 1. The SMILES string of the molecule is CCCc1nc2ccc(C(N)=O)nc2n1Cc1c2ccocc-2c(Br)c1-c1ccccc1NS(=O)(=O)C(F)(F)F. The van der Waals surface area contributed by atoms with Crippen molar-refractivity contribution in [3.63, 3.8) is 0 Å². The fourth-order valence-corrected chi connectivity index (χ4v) is 5.91. The number of halogens is 4. The maximum absolute atomic E-state index is 13.3. The van der Waals surface area contributed by atoms with Crippen LogP contribution in [-0.4, -0.2) is 34.4 Å². The molecule has 1 aliphatic heterocycles. The lowest BCUT2D eigenvalue weighted by Gasteiger charge is -2.16. The van der Waals surface area contributed by atoms with Crippen molar-refractivity contribution < 1.29 is 30.8 Å². The molecule has 0 bridgehead atoms. The van der Waals surface area contributed by atoms with Crippen molar-refractivity contribution in [1.29, 1.82) is 0 Å². The van der Waals surface area contributed by atoms with E-state index in [-0.39, 0.29) is 23.5 Å². The molecule has 0 saturated carbocycles. The number of rotatable bonds is 8. The van der Waals surface area contributed by atoms with Gasteiger partial charge in [0.25, 0.3) is 5.91 Å². The number of anilines is 1. The van der Waals surface area contributed by atoms with Gasteiger partial charge in [-0.15, -0.1) is 0 Å². The molecule has 40 heavy (non-hydrogen) atoms. The second kappa shape index (κ2) is 10.2. The smallest absolute Gasteiger partial charge is 0.472 e. The summed E-state index contributed by atoms with van der Waals surface area (Å²) in [5.74, 6) is -0.0314. The Labute approximate surface area is 234 Å². The van der Waals surface area contributed by atoms with Crippen LogP contribution in [0.4, 0.5) is 18.9 Å². The number of carbonyl (C=O) groups is 1. The van der Waals surface area contributed by atoms with Gasteiger partial charge in [0.05, 0.1) is 24.8 Å². The van der Waals surface area contributed by atoms with Gasteiger partial charge in [0.1, 0.15) is 17.0 Å². The van der Waals surface area contributed by atoms with Crippen LogP contribution in [0.2, 0.25) is 0 Å². The minimum atomic E-state index is -5.70. The highest BCUT2D eigenvalue weighted by molar-refractivity contribution is 9.10. The maximum atomic E-state index is 13.3. The van der Waals surface area contributed by atoms with E-state index in [1.165, 1.54) is 36.8 Å². The Morgan fingerprint density at radius 3 is 2.55 bits per heavy atom. The Morgan fingerprint density at radius 1 is 1.10 bits per heavy atom. The van der Waals surface area contributed by atoms with E-state index in [1.54, 1.807) is 22.9 Å². The first-order valence-corrected chi connectivity index (χ1v) is 14.2. The second-order valence-corrected chi connectivity index (χ2v) is 11.4. The van der Waals surface area contributed by atoms with Gasteiger partial charge in [0.15, 0.2) is 5.65 Å². The Kier molecular flexibility index (Phi) is 7.08. The van der Waals surface area contributed by atoms with Crippen molar-refractivity contribution in [2.24, 2.45) is 5.73 Å². The molecule has 5 rings (SSSR count). The molecule has 2 aromatic heterocycles. The lowest BCUT2D eigenvalue weighted by atomic mass is 10.0. The molecular formula is C26H21BrF3N5O4S. The number of aromatic nitrogens is 3. The molecule has 208 valence electrons. The van der Waals surface area contributed by atoms with Gasteiger partial charge in [0, 0.05) is 27.6 Å². The van der Waals surface area contributed by atoms with Crippen LogP contribution in [0.25, 0.3) is 33.4 Å². The lowest BCUT2D eigenvalue weighted by Crippen LogP contribution is -2.30. The molecule has 0 atom stereocenters. The van der Waals surface area contributed by atoms with Gasteiger partial charge in [0.2, 0.25) is 0 Å². The Balaban J connectivity index is 1.76. The second-order valence-electron chi connectivity index (χ2n) is 8.92. The number of pyridine rings is 1. The van der Waals surface area contributed by atoms with Gasteiger partial charge in [-0.2, -0.15) is 21.6 Å². The summed E-state index contributed by atoms with van der Waals surface area (Å²) in [4.78, 5) is 21.0. The fraction of sp³-hybridized carbons (Fsp3) is 0.192. The number of nitrogens with two attached hydrogens (primary N) is 1. The standard InChI is InChI=1S/C26H21BrF3N5O4S/c1-2-5-21-32-20-9-8-19(24(31)36)33-25(20)35(21)12-16-14-10-11-39-13-17(14)23(27)22(16)15-6-3-4-7-18(15)34-40(37,38)26(28,29)30/h3-4,6-11,13,34H,2,5,12H2,1H3,(H2,31,36). The summed E-state index contributed by atoms with van der Waals surface area (Å²) < 4.78 is 73.2. The van der Waals surface area contributed by atoms with E-state index in [1.807, 2.05) is 11.5 Å². The first-order chi connectivity index (χ1) is 18.9.